The third-order valence-corrected chi connectivity index (χ3v) is 4.74. The summed E-state index contributed by atoms with van der Waals surface area (Å²) in [7, 11) is 0. The Morgan fingerprint density at radius 3 is 2.96 bits per heavy atom. The maximum absolute atomic E-state index is 12.9. The van der Waals surface area contributed by atoms with Gasteiger partial charge in [0.2, 0.25) is 0 Å². The molecule has 0 radical (unpaired) electrons. The van der Waals surface area contributed by atoms with Crippen LogP contribution in [0.1, 0.15) is 18.5 Å². The molecular weight excluding hydrogens is 370 g/mol. The van der Waals surface area contributed by atoms with Crippen molar-refractivity contribution in [2.24, 2.45) is 0 Å². The minimum absolute atomic E-state index is 0.0129. The lowest BCUT2D eigenvalue weighted by atomic mass is 10.0. The number of benzene rings is 1. The number of hydrogen-bond donors (Lipinski definition) is 1. The molecular formula is C18H20BrN3O2. The Hall–Kier alpha value is -1.92. The Morgan fingerprint density at radius 2 is 2.21 bits per heavy atom. The second-order valence-electron chi connectivity index (χ2n) is 5.73. The van der Waals surface area contributed by atoms with E-state index in [4.69, 9.17) is 4.74 Å². The maximum Gasteiger partial charge on any atom is 0.263 e. The summed E-state index contributed by atoms with van der Waals surface area (Å²) in [5.74, 6) is 0.660. The number of rotatable bonds is 4. The minimum atomic E-state index is -0.555. The van der Waals surface area contributed by atoms with E-state index in [1.54, 1.807) is 13.1 Å². The van der Waals surface area contributed by atoms with Crippen LogP contribution in [0.15, 0.2) is 53.3 Å². The smallest absolute Gasteiger partial charge is 0.263 e. The number of pyridine rings is 1. The van der Waals surface area contributed by atoms with Crippen LogP contribution in [0.4, 0.5) is 0 Å². The van der Waals surface area contributed by atoms with Crippen molar-refractivity contribution < 1.29 is 9.53 Å². The molecule has 3 rings (SSSR count). The Balaban J connectivity index is 1.75. The van der Waals surface area contributed by atoms with Crippen LogP contribution in [0, 0.1) is 0 Å². The highest BCUT2D eigenvalue weighted by Crippen LogP contribution is 2.27. The lowest BCUT2D eigenvalue weighted by Crippen LogP contribution is -2.52. The van der Waals surface area contributed by atoms with Crippen molar-refractivity contribution in [1.82, 2.24) is 15.2 Å². The van der Waals surface area contributed by atoms with Crippen LogP contribution >= 0.6 is 15.9 Å². The molecule has 1 saturated heterocycles. The van der Waals surface area contributed by atoms with Crippen molar-refractivity contribution in [3.63, 3.8) is 0 Å². The first kappa shape index (κ1) is 16.9. The number of piperazine rings is 1. The Labute approximate surface area is 150 Å². The van der Waals surface area contributed by atoms with Crippen LogP contribution in [0.25, 0.3) is 0 Å². The predicted molar refractivity (Wildman–Crippen MR) is 95.8 cm³/mol. The van der Waals surface area contributed by atoms with Crippen LogP contribution in [0.5, 0.6) is 5.75 Å². The number of nitrogens with one attached hydrogen (secondary N) is 1. The molecule has 1 aliphatic heterocycles. The van der Waals surface area contributed by atoms with E-state index in [0.29, 0.717) is 12.3 Å². The fourth-order valence-corrected chi connectivity index (χ4v) is 3.23. The molecule has 1 aliphatic rings. The van der Waals surface area contributed by atoms with Gasteiger partial charge in [-0.2, -0.15) is 0 Å². The van der Waals surface area contributed by atoms with E-state index in [-0.39, 0.29) is 11.9 Å². The molecule has 0 bridgehead atoms. The van der Waals surface area contributed by atoms with E-state index in [1.807, 2.05) is 47.5 Å². The van der Waals surface area contributed by atoms with Crippen molar-refractivity contribution in [2.45, 2.75) is 19.1 Å². The van der Waals surface area contributed by atoms with E-state index in [2.05, 4.69) is 26.2 Å². The van der Waals surface area contributed by atoms with Gasteiger partial charge in [0.15, 0.2) is 6.10 Å². The van der Waals surface area contributed by atoms with Crippen molar-refractivity contribution in [3.8, 4) is 5.75 Å². The zero-order valence-corrected chi connectivity index (χ0v) is 15.1. The van der Waals surface area contributed by atoms with Gasteiger partial charge in [0.1, 0.15) is 5.75 Å². The summed E-state index contributed by atoms with van der Waals surface area (Å²) >= 11 is 3.45. The largest absolute Gasteiger partial charge is 0.480 e. The molecule has 2 unspecified atom stereocenters. The van der Waals surface area contributed by atoms with Gasteiger partial charge < -0.3 is 15.0 Å². The molecule has 126 valence electrons. The van der Waals surface area contributed by atoms with E-state index in [1.165, 1.54) is 0 Å². The molecule has 0 saturated carbocycles. The number of carbonyl (C=O) groups is 1. The molecule has 2 heterocycles. The molecule has 24 heavy (non-hydrogen) atoms. The fraction of sp³-hybridized carbons (Fsp3) is 0.333. The van der Waals surface area contributed by atoms with Crippen LogP contribution in [-0.2, 0) is 4.79 Å². The summed E-state index contributed by atoms with van der Waals surface area (Å²) in [5, 5.41) is 3.35. The predicted octanol–water partition coefficient (Wildman–Crippen LogP) is 2.78. The van der Waals surface area contributed by atoms with Gasteiger partial charge in [-0.25, -0.2) is 0 Å². The highest BCUT2D eigenvalue weighted by molar-refractivity contribution is 9.10. The van der Waals surface area contributed by atoms with Gasteiger partial charge in [-0.1, -0.05) is 18.2 Å². The van der Waals surface area contributed by atoms with Gasteiger partial charge in [0.25, 0.3) is 5.91 Å². The summed E-state index contributed by atoms with van der Waals surface area (Å²) in [4.78, 5) is 19.0. The maximum atomic E-state index is 12.9. The highest BCUT2D eigenvalue weighted by Gasteiger charge is 2.31. The summed E-state index contributed by atoms with van der Waals surface area (Å²) in [6.45, 7) is 3.95. The summed E-state index contributed by atoms with van der Waals surface area (Å²) in [6.07, 6.45) is 3.00. The molecule has 1 fully saturated rings. The van der Waals surface area contributed by atoms with Crippen LogP contribution < -0.4 is 10.1 Å². The number of aromatic nitrogens is 1. The number of hydrogen-bond acceptors (Lipinski definition) is 4. The van der Waals surface area contributed by atoms with E-state index in [0.717, 1.165) is 23.1 Å². The molecule has 1 aromatic heterocycles. The number of halogens is 1. The molecule has 0 spiro atoms. The molecule has 1 amide bonds. The van der Waals surface area contributed by atoms with E-state index < -0.39 is 6.10 Å². The van der Waals surface area contributed by atoms with Crippen LogP contribution in [0.3, 0.4) is 0 Å². The topological polar surface area (TPSA) is 54.5 Å². The normalized spacial score (nSPS) is 18.9. The van der Waals surface area contributed by atoms with Crippen LogP contribution in [-0.4, -0.2) is 41.5 Å². The molecule has 5 nitrogen and oxygen atoms in total. The average molecular weight is 390 g/mol. The van der Waals surface area contributed by atoms with Crippen molar-refractivity contribution in [3.05, 3.63) is 58.8 Å². The third-order valence-electron chi connectivity index (χ3n) is 4.08. The number of carbonyl (C=O) groups excluding carboxylic acids is 1. The molecule has 0 aliphatic carbocycles. The van der Waals surface area contributed by atoms with Crippen molar-refractivity contribution >= 4 is 21.8 Å². The van der Waals surface area contributed by atoms with Gasteiger partial charge in [0, 0.05) is 32.0 Å². The summed E-state index contributed by atoms with van der Waals surface area (Å²) in [5.41, 5.74) is 1.03. The first-order valence-electron chi connectivity index (χ1n) is 7.99. The van der Waals surface area contributed by atoms with E-state index in [9.17, 15) is 4.79 Å². The standard InChI is InChI=1S/C18H20BrN3O2/c1-13(24-17-7-3-2-6-15(17)19)18(23)22-10-9-21-12-16(22)14-5-4-8-20-11-14/h2-8,11,13,16,21H,9-10,12H2,1H3. The second-order valence-corrected chi connectivity index (χ2v) is 6.58. The second kappa shape index (κ2) is 7.77. The zero-order valence-electron chi connectivity index (χ0n) is 13.5. The van der Waals surface area contributed by atoms with E-state index >= 15 is 0 Å². The number of para-hydroxylation sites is 1. The SMILES string of the molecule is CC(Oc1ccccc1Br)C(=O)N1CCNCC1c1cccnc1. The number of nitrogens with zero attached hydrogens (tertiary/aromatic N) is 2. The highest BCUT2D eigenvalue weighted by atomic mass is 79.9. The van der Waals surface area contributed by atoms with Gasteiger partial charge in [-0.15, -0.1) is 0 Å². The third kappa shape index (κ3) is 3.76. The van der Waals surface area contributed by atoms with Crippen molar-refractivity contribution in [2.75, 3.05) is 19.6 Å². The Bertz CT molecular complexity index is 696. The molecule has 1 aromatic carbocycles. The quantitative estimate of drug-likeness (QED) is 0.873. The Kier molecular flexibility index (Phi) is 5.48. The average Bonchev–Trinajstić information content (AvgIpc) is 2.63. The van der Waals surface area contributed by atoms with Crippen LogP contribution in [0.2, 0.25) is 0 Å². The van der Waals surface area contributed by atoms with Gasteiger partial charge in [-0.05, 0) is 46.6 Å². The summed E-state index contributed by atoms with van der Waals surface area (Å²) in [6, 6.07) is 11.4. The first-order valence-corrected chi connectivity index (χ1v) is 8.78. The molecule has 6 heteroatoms. The first-order chi connectivity index (χ1) is 11.7. The molecule has 1 N–H and O–H groups in total. The zero-order chi connectivity index (χ0) is 16.9. The monoisotopic (exact) mass is 389 g/mol. The van der Waals surface area contributed by atoms with Gasteiger partial charge >= 0.3 is 0 Å². The lowest BCUT2D eigenvalue weighted by Gasteiger charge is -2.37. The minimum Gasteiger partial charge on any atom is -0.480 e. The van der Waals surface area contributed by atoms with Crippen molar-refractivity contribution in [1.29, 1.82) is 0 Å². The molecule has 2 atom stereocenters. The number of amides is 1. The Morgan fingerprint density at radius 1 is 1.38 bits per heavy atom. The van der Waals surface area contributed by atoms with Gasteiger partial charge in [-0.3, -0.25) is 9.78 Å². The molecule has 2 aromatic rings. The summed E-state index contributed by atoms with van der Waals surface area (Å²) < 4.78 is 6.71. The fourth-order valence-electron chi connectivity index (χ4n) is 2.85. The number of ether oxygens (including phenoxy) is 1. The lowest BCUT2D eigenvalue weighted by molar-refractivity contribution is -0.141. The van der Waals surface area contributed by atoms with Gasteiger partial charge in [0.05, 0.1) is 10.5 Å².